The van der Waals surface area contributed by atoms with E-state index in [1.165, 1.54) is 24.7 Å². The van der Waals surface area contributed by atoms with Crippen LogP contribution < -0.4 is 0 Å². The van der Waals surface area contributed by atoms with Gasteiger partial charge in [-0.3, -0.25) is 9.48 Å². The molecule has 0 radical (unpaired) electrons. The Kier molecular flexibility index (Phi) is 6.49. The third kappa shape index (κ3) is 5.41. The summed E-state index contributed by atoms with van der Waals surface area (Å²) in [5.41, 5.74) is 2.28. The Morgan fingerprint density at radius 1 is 1.33 bits per heavy atom. The van der Waals surface area contributed by atoms with E-state index in [1.54, 1.807) is 12.1 Å². The Labute approximate surface area is 170 Å². The number of hydrogen-bond donors (Lipinski definition) is 1. The standard InChI is InChI=1S/C17H21N3O3.C2HF3O2/c1-19-15-9-20(17(21)16-3-2-6-23-16)8-13(14(15)7-18-19)11-22-10-12-4-5-12;3-2(4,5)1(6)7/h2-3,6-7,12-13H,4-5,8-11H2,1H3;(H,6,7). The molecule has 1 unspecified atom stereocenters. The second kappa shape index (κ2) is 8.90. The Morgan fingerprint density at radius 2 is 2.03 bits per heavy atom. The highest BCUT2D eigenvalue weighted by molar-refractivity contribution is 5.91. The van der Waals surface area contributed by atoms with Gasteiger partial charge in [0.1, 0.15) is 0 Å². The summed E-state index contributed by atoms with van der Waals surface area (Å²) in [4.78, 5) is 23.3. The number of aliphatic carboxylic acids is 1. The van der Waals surface area contributed by atoms with Crippen molar-refractivity contribution in [3.63, 3.8) is 0 Å². The van der Waals surface area contributed by atoms with Crippen molar-refractivity contribution in [1.82, 2.24) is 14.7 Å². The summed E-state index contributed by atoms with van der Waals surface area (Å²) in [5, 5.41) is 11.5. The number of furan rings is 1. The van der Waals surface area contributed by atoms with Gasteiger partial charge in [-0.1, -0.05) is 0 Å². The molecule has 164 valence electrons. The predicted octanol–water partition coefficient (Wildman–Crippen LogP) is 2.81. The van der Waals surface area contributed by atoms with Crippen LogP contribution in [-0.2, 0) is 23.1 Å². The quantitative estimate of drug-likeness (QED) is 0.785. The maximum Gasteiger partial charge on any atom is 0.490 e. The van der Waals surface area contributed by atoms with Crippen molar-refractivity contribution < 1.29 is 37.0 Å². The molecule has 1 aliphatic carbocycles. The number of aryl methyl sites for hydroxylation is 1. The molecule has 0 spiro atoms. The highest BCUT2D eigenvalue weighted by Gasteiger charge is 2.38. The fourth-order valence-electron chi connectivity index (χ4n) is 3.14. The zero-order chi connectivity index (χ0) is 21.9. The lowest BCUT2D eigenvalue weighted by atomic mass is 9.95. The van der Waals surface area contributed by atoms with Crippen LogP contribution in [0.2, 0.25) is 0 Å². The maximum absolute atomic E-state index is 12.6. The highest BCUT2D eigenvalue weighted by atomic mass is 19.4. The minimum absolute atomic E-state index is 0.0750. The molecule has 1 N–H and O–H groups in total. The summed E-state index contributed by atoms with van der Waals surface area (Å²) in [6.45, 7) is 2.67. The van der Waals surface area contributed by atoms with Crippen LogP contribution in [0.4, 0.5) is 13.2 Å². The van der Waals surface area contributed by atoms with Crippen LogP contribution >= 0.6 is 0 Å². The summed E-state index contributed by atoms with van der Waals surface area (Å²) >= 11 is 0. The first-order valence-electron chi connectivity index (χ1n) is 9.38. The monoisotopic (exact) mass is 429 g/mol. The van der Waals surface area contributed by atoms with Crippen LogP contribution in [0.5, 0.6) is 0 Å². The van der Waals surface area contributed by atoms with Crippen molar-refractivity contribution >= 4 is 11.9 Å². The van der Waals surface area contributed by atoms with Crippen LogP contribution in [0.1, 0.15) is 40.6 Å². The Bertz CT molecular complexity index is 875. The normalized spacial score (nSPS) is 18.4. The van der Waals surface area contributed by atoms with Crippen molar-refractivity contribution in [3.05, 3.63) is 41.6 Å². The number of rotatable bonds is 5. The molecule has 2 aromatic rings. The summed E-state index contributed by atoms with van der Waals surface area (Å²) < 4.78 is 44.7. The lowest BCUT2D eigenvalue weighted by Crippen LogP contribution is -2.40. The van der Waals surface area contributed by atoms with E-state index in [9.17, 15) is 18.0 Å². The molecule has 1 saturated carbocycles. The second-order valence-corrected chi connectivity index (χ2v) is 7.31. The number of hydrogen-bond acceptors (Lipinski definition) is 5. The topological polar surface area (TPSA) is 97.8 Å². The van der Waals surface area contributed by atoms with Gasteiger partial charge in [-0.05, 0) is 30.9 Å². The van der Waals surface area contributed by atoms with Crippen molar-refractivity contribution in [3.8, 4) is 0 Å². The summed E-state index contributed by atoms with van der Waals surface area (Å²) in [6, 6.07) is 3.45. The number of amides is 1. The van der Waals surface area contributed by atoms with Crippen molar-refractivity contribution in [2.75, 3.05) is 19.8 Å². The number of carbonyl (C=O) groups excluding carboxylic acids is 1. The van der Waals surface area contributed by atoms with E-state index < -0.39 is 12.1 Å². The van der Waals surface area contributed by atoms with Gasteiger partial charge in [-0.15, -0.1) is 0 Å². The van der Waals surface area contributed by atoms with Gasteiger partial charge in [0.15, 0.2) is 5.76 Å². The molecular formula is C19H22F3N3O5. The highest BCUT2D eigenvalue weighted by Crippen LogP contribution is 2.32. The molecule has 4 rings (SSSR count). The summed E-state index contributed by atoms with van der Waals surface area (Å²) in [6.07, 6.45) is 0.927. The number of ether oxygens (including phenoxy) is 1. The zero-order valence-corrected chi connectivity index (χ0v) is 16.3. The molecular weight excluding hydrogens is 407 g/mol. The van der Waals surface area contributed by atoms with Crippen LogP contribution in [-0.4, -0.2) is 57.6 Å². The van der Waals surface area contributed by atoms with Gasteiger partial charge in [0.2, 0.25) is 0 Å². The second-order valence-electron chi connectivity index (χ2n) is 7.31. The van der Waals surface area contributed by atoms with Gasteiger partial charge in [0.05, 0.1) is 31.3 Å². The molecule has 1 aliphatic heterocycles. The first kappa shape index (κ1) is 21.9. The first-order chi connectivity index (χ1) is 14.2. The lowest BCUT2D eigenvalue weighted by Gasteiger charge is -2.32. The Morgan fingerprint density at radius 3 is 2.60 bits per heavy atom. The van der Waals surface area contributed by atoms with Crippen molar-refractivity contribution in [2.45, 2.75) is 31.5 Å². The van der Waals surface area contributed by atoms with E-state index in [1.807, 2.05) is 22.8 Å². The molecule has 1 fully saturated rings. The average molecular weight is 429 g/mol. The van der Waals surface area contributed by atoms with Crippen LogP contribution in [0, 0.1) is 5.92 Å². The number of carboxylic acid groups (broad SMARTS) is 1. The molecule has 8 nitrogen and oxygen atoms in total. The van der Waals surface area contributed by atoms with E-state index in [4.69, 9.17) is 19.1 Å². The van der Waals surface area contributed by atoms with E-state index in [0.29, 0.717) is 25.5 Å². The molecule has 2 aliphatic rings. The fourth-order valence-corrected chi connectivity index (χ4v) is 3.14. The smallest absolute Gasteiger partial charge is 0.475 e. The minimum atomic E-state index is -5.08. The number of carboxylic acids is 1. The number of halogens is 3. The van der Waals surface area contributed by atoms with Gasteiger partial charge in [-0.25, -0.2) is 4.79 Å². The van der Waals surface area contributed by atoms with E-state index in [-0.39, 0.29) is 11.8 Å². The number of alkyl halides is 3. The molecule has 1 atom stereocenters. The zero-order valence-electron chi connectivity index (χ0n) is 16.3. The number of nitrogens with zero attached hydrogens (tertiary/aromatic N) is 3. The number of fused-ring (bicyclic) bond motifs is 1. The largest absolute Gasteiger partial charge is 0.490 e. The summed E-state index contributed by atoms with van der Waals surface area (Å²) in [7, 11) is 1.92. The lowest BCUT2D eigenvalue weighted by molar-refractivity contribution is -0.192. The van der Waals surface area contributed by atoms with Gasteiger partial charge in [0.25, 0.3) is 5.91 Å². The Hall–Kier alpha value is -2.82. The number of carbonyl (C=O) groups is 2. The minimum Gasteiger partial charge on any atom is -0.475 e. The third-order valence-electron chi connectivity index (χ3n) is 4.95. The van der Waals surface area contributed by atoms with E-state index in [0.717, 1.165) is 18.2 Å². The van der Waals surface area contributed by atoms with Gasteiger partial charge in [-0.2, -0.15) is 18.3 Å². The molecule has 0 saturated heterocycles. The average Bonchev–Trinajstić information content (AvgIpc) is 3.20. The van der Waals surface area contributed by atoms with Crippen molar-refractivity contribution in [1.29, 1.82) is 0 Å². The third-order valence-corrected chi connectivity index (χ3v) is 4.95. The number of aromatic nitrogens is 2. The fraction of sp³-hybridized carbons (Fsp3) is 0.526. The van der Waals surface area contributed by atoms with Crippen LogP contribution in [0.25, 0.3) is 0 Å². The van der Waals surface area contributed by atoms with E-state index in [2.05, 4.69) is 5.10 Å². The van der Waals surface area contributed by atoms with Crippen LogP contribution in [0.3, 0.4) is 0 Å². The maximum atomic E-state index is 12.6. The van der Waals surface area contributed by atoms with Gasteiger partial charge in [0, 0.05) is 31.7 Å². The molecule has 3 heterocycles. The van der Waals surface area contributed by atoms with Gasteiger partial charge < -0.3 is 19.2 Å². The summed E-state index contributed by atoms with van der Waals surface area (Å²) in [5.74, 6) is -1.53. The Balaban J connectivity index is 0.000000318. The predicted molar refractivity (Wildman–Crippen MR) is 96.6 cm³/mol. The molecule has 0 bridgehead atoms. The van der Waals surface area contributed by atoms with Crippen molar-refractivity contribution in [2.24, 2.45) is 13.0 Å². The van der Waals surface area contributed by atoms with E-state index >= 15 is 0 Å². The van der Waals surface area contributed by atoms with Gasteiger partial charge >= 0.3 is 12.1 Å². The molecule has 0 aromatic carbocycles. The molecule has 2 aromatic heterocycles. The molecule has 11 heteroatoms. The SMILES string of the molecule is Cn1ncc2c1CN(C(=O)c1ccco1)CC2COCC1CC1.O=C(O)C(F)(F)F. The first-order valence-corrected chi connectivity index (χ1v) is 9.38. The molecule has 30 heavy (non-hydrogen) atoms. The molecule has 1 amide bonds. The van der Waals surface area contributed by atoms with Crippen LogP contribution in [0.15, 0.2) is 29.0 Å².